The van der Waals surface area contributed by atoms with E-state index in [1.54, 1.807) is 6.20 Å². The van der Waals surface area contributed by atoms with Crippen LogP contribution in [0.25, 0.3) is 22.2 Å². The molecule has 2 heterocycles. The minimum Gasteiger partial charge on any atom is -0.384 e. The van der Waals surface area contributed by atoms with Crippen LogP contribution in [0.2, 0.25) is 0 Å². The fraction of sp³-hybridized carbons (Fsp3) is 0.0667. The molecule has 0 bridgehead atoms. The van der Waals surface area contributed by atoms with Gasteiger partial charge in [-0.25, -0.2) is 4.98 Å². The first kappa shape index (κ1) is 10.7. The lowest BCUT2D eigenvalue weighted by Gasteiger charge is -2.08. The smallest absolute Gasteiger partial charge is 0.124 e. The highest BCUT2D eigenvalue weighted by atomic mass is 14.8. The minimum absolute atomic E-state index is 0.531. The third kappa shape index (κ3) is 1.70. The molecule has 18 heavy (non-hydrogen) atoms. The molecule has 1 aromatic carbocycles. The van der Waals surface area contributed by atoms with E-state index < -0.39 is 0 Å². The second-order valence-corrected chi connectivity index (χ2v) is 4.28. The summed E-state index contributed by atoms with van der Waals surface area (Å²) in [7, 11) is 0. The summed E-state index contributed by atoms with van der Waals surface area (Å²) >= 11 is 0. The Bertz CT molecular complexity index is 720. The lowest BCUT2D eigenvalue weighted by atomic mass is 10.0. The van der Waals surface area contributed by atoms with Crippen molar-refractivity contribution >= 4 is 16.7 Å². The van der Waals surface area contributed by atoms with Crippen molar-refractivity contribution in [2.75, 3.05) is 5.73 Å². The quantitative estimate of drug-likeness (QED) is 0.704. The summed E-state index contributed by atoms with van der Waals surface area (Å²) in [5.74, 6) is 0.531. The zero-order valence-corrected chi connectivity index (χ0v) is 10.1. The molecule has 3 nitrogen and oxygen atoms in total. The van der Waals surface area contributed by atoms with Crippen LogP contribution in [0.4, 0.5) is 5.82 Å². The molecule has 0 spiro atoms. The van der Waals surface area contributed by atoms with Crippen LogP contribution in [0.3, 0.4) is 0 Å². The van der Waals surface area contributed by atoms with Crippen LogP contribution in [-0.4, -0.2) is 9.97 Å². The van der Waals surface area contributed by atoms with Crippen LogP contribution in [-0.2, 0) is 0 Å². The summed E-state index contributed by atoms with van der Waals surface area (Å²) in [5, 5.41) is 1.08. The zero-order chi connectivity index (χ0) is 12.5. The number of fused-ring (bicyclic) bond motifs is 1. The van der Waals surface area contributed by atoms with Gasteiger partial charge in [-0.2, -0.15) is 0 Å². The Labute approximate surface area is 105 Å². The van der Waals surface area contributed by atoms with Crippen LogP contribution in [0.15, 0.2) is 48.7 Å². The van der Waals surface area contributed by atoms with Crippen molar-refractivity contribution in [3.63, 3.8) is 0 Å². The van der Waals surface area contributed by atoms with Crippen molar-refractivity contribution in [2.45, 2.75) is 6.92 Å². The number of anilines is 1. The van der Waals surface area contributed by atoms with Crippen LogP contribution in [0.1, 0.15) is 5.56 Å². The Hall–Kier alpha value is -2.42. The Morgan fingerprint density at radius 1 is 1.00 bits per heavy atom. The number of benzene rings is 1. The van der Waals surface area contributed by atoms with E-state index in [4.69, 9.17) is 5.73 Å². The maximum Gasteiger partial charge on any atom is 0.124 e. The Kier molecular flexibility index (Phi) is 2.45. The maximum absolute atomic E-state index is 5.78. The molecule has 3 heteroatoms. The van der Waals surface area contributed by atoms with Crippen molar-refractivity contribution in [1.29, 1.82) is 0 Å². The van der Waals surface area contributed by atoms with Gasteiger partial charge >= 0.3 is 0 Å². The summed E-state index contributed by atoms with van der Waals surface area (Å²) in [6.45, 7) is 2.05. The maximum atomic E-state index is 5.78. The van der Waals surface area contributed by atoms with Crippen molar-refractivity contribution in [1.82, 2.24) is 9.97 Å². The van der Waals surface area contributed by atoms with Crippen LogP contribution in [0.5, 0.6) is 0 Å². The molecule has 0 aliphatic rings. The third-order valence-corrected chi connectivity index (χ3v) is 3.01. The number of aryl methyl sites for hydroxylation is 1. The minimum atomic E-state index is 0.531. The van der Waals surface area contributed by atoms with Crippen LogP contribution >= 0.6 is 0 Å². The van der Waals surface area contributed by atoms with E-state index in [1.807, 2.05) is 49.4 Å². The second kappa shape index (κ2) is 4.11. The van der Waals surface area contributed by atoms with Gasteiger partial charge in [-0.05, 0) is 30.7 Å². The standard InChI is InChI=1S/C15H13N3/c1-10-4-3-9-17-14(10)12-6-2-5-11-7-8-13(16)18-15(11)12/h2-9H,1H3,(H2,16,18). The molecule has 0 aliphatic carbocycles. The van der Waals surface area contributed by atoms with Gasteiger partial charge in [0.25, 0.3) is 0 Å². The van der Waals surface area contributed by atoms with Gasteiger partial charge in [0.15, 0.2) is 0 Å². The number of para-hydroxylation sites is 1. The molecule has 0 fully saturated rings. The molecular formula is C15H13N3. The average molecular weight is 235 g/mol. The highest BCUT2D eigenvalue weighted by Gasteiger charge is 2.08. The number of pyridine rings is 2. The van der Waals surface area contributed by atoms with E-state index in [2.05, 4.69) is 9.97 Å². The SMILES string of the molecule is Cc1cccnc1-c1cccc2ccc(N)nc12. The second-order valence-electron chi connectivity index (χ2n) is 4.28. The van der Waals surface area contributed by atoms with Crippen molar-refractivity contribution < 1.29 is 0 Å². The molecule has 88 valence electrons. The van der Waals surface area contributed by atoms with E-state index in [0.29, 0.717) is 5.82 Å². The summed E-state index contributed by atoms with van der Waals surface area (Å²) < 4.78 is 0. The predicted molar refractivity (Wildman–Crippen MR) is 74.1 cm³/mol. The molecular weight excluding hydrogens is 222 g/mol. The van der Waals surface area contributed by atoms with Gasteiger partial charge in [-0.3, -0.25) is 4.98 Å². The van der Waals surface area contributed by atoms with E-state index in [0.717, 1.165) is 27.7 Å². The van der Waals surface area contributed by atoms with Gasteiger partial charge in [0, 0.05) is 17.1 Å². The molecule has 0 atom stereocenters. The van der Waals surface area contributed by atoms with Crippen molar-refractivity contribution in [2.24, 2.45) is 0 Å². The highest BCUT2D eigenvalue weighted by Crippen LogP contribution is 2.28. The molecule has 0 radical (unpaired) electrons. The van der Waals surface area contributed by atoms with Gasteiger partial charge < -0.3 is 5.73 Å². The number of aromatic nitrogens is 2. The Morgan fingerprint density at radius 3 is 2.72 bits per heavy atom. The lowest BCUT2D eigenvalue weighted by molar-refractivity contribution is 1.27. The largest absolute Gasteiger partial charge is 0.384 e. The predicted octanol–water partition coefficient (Wildman–Crippen LogP) is 3.19. The lowest BCUT2D eigenvalue weighted by Crippen LogP contribution is -1.94. The Balaban J connectivity index is 2.36. The van der Waals surface area contributed by atoms with Gasteiger partial charge in [-0.15, -0.1) is 0 Å². The number of hydrogen-bond acceptors (Lipinski definition) is 3. The van der Waals surface area contributed by atoms with E-state index in [1.165, 1.54) is 0 Å². The van der Waals surface area contributed by atoms with Crippen molar-refractivity contribution in [3.8, 4) is 11.3 Å². The van der Waals surface area contributed by atoms with E-state index in [-0.39, 0.29) is 0 Å². The van der Waals surface area contributed by atoms with Gasteiger partial charge in [0.1, 0.15) is 5.82 Å². The number of nitrogens with zero attached hydrogens (tertiary/aromatic N) is 2. The topological polar surface area (TPSA) is 51.8 Å². The molecule has 0 aliphatic heterocycles. The molecule has 0 amide bonds. The Morgan fingerprint density at radius 2 is 1.89 bits per heavy atom. The fourth-order valence-corrected chi connectivity index (χ4v) is 2.12. The summed E-state index contributed by atoms with van der Waals surface area (Å²) in [6.07, 6.45) is 1.80. The normalized spacial score (nSPS) is 10.7. The number of hydrogen-bond donors (Lipinski definition) is 1. The first-order chi connectivity index (χ1) is 8.75. The average Bonchev–Trinajstić information content (AvgIpc) is 2.39. The number of rotatable bonds is 1. The van der Waals surface area contributed by atoms with Gasteiger partial charge in [0.2, 0.25) is 0 Å². The molecule has 2 aromatic heterocycles. The first-order valence-electron chi connectivity index (χ1n) is 5.83. The third-order valence-electron chi connectivity index (χ3n) is 3.01. The molecule has 0 saturated heterocycles. The summed E-state index contributed by atoms with van der Waals surface area (Å²) in [4.78, 5) is 8.88. The first-order valence-corrected chi connectivity index (χ1v) is 5.83. The number of nitrogens with two attached hydrogens (primary N) is 1. The molecule has 2 N–H and O–H groups in total. The summed E-state index contributed by atoms with van der Waals surface area (Å²) in [6, 6.07) is 13.9. The van der Waals surface area contributed by atoms with Gasteiger partial charge in [0.05, 0.1) is 11.2 Å². The van der Waals surface area contributed by atoms with Crippen LogP contribution < -0.4 is 5.73 Å². The molecule has 0 saturated carbocycles. The summed E-state index contributed by atoms with van der Waals surface area (Å²) in [5.41, 5.74) is 9.80. The van der Waals surface area contributed by atoms with Crippen molar-refractivity contribution in [3.05, 3.63) is 54.2 Å². The van der Waals surface area contributed by atoms with E-state index in [9.17, 15) is 0 Å². The fourth-order valence-electron chi connectivity index (χ4n) is 2.12. The van der Waals surface area contributed by atoms with Crippen LogP contribution in [0, 0.1) is 6.92 Å². The monoisotopic (exact) mass is 235 g/mol. The highest BCUT2D eigenvalue weighted by molar-refractivity contribution is 5.94. The van der Waals surface area contributed by atoms with Gasteiger partial charge in [-0.1, -0.05) is 24.3 Å². The molecule has 3 rings (SSSR count). The molecule has 3 aromatic rings. The zero-order valence-electron chi connectivity index (χ0n) is 10.1. The number of nitrogen functional groups attached to an aromatic ring is 1. The van der Waals surface area contributed by atoms with E-state index >= 15 is 0 Å². The molecule has 0 unspecified atom stereocenters.